The molecule has 2 aliphatic rings. The second-order valence-electron chi connectivity index (χ2n) is 10.9. The second kappa shape index (κ2) is 10.1. The number of likely N-dealkylation sites (N-methyl/N-ethyl adjacent to an activating group) is 1. The molecule has 9 heteroatoms. The number of hydrogen-bond donors (Lipinski definition) is 1. The van der Waals surface area contributed by atoms with Crippen LogP contribution in [0.3, 0.4) is 0 Å². The molecule has 2 aliphatic heterocycles. The third-order valence-electron chi connectivity index (χ3n) is 8.46. The summed E-state index contributed by atoms with van der Waals surface area (Å²) in [5.74, 6) is 0.657. The van der Waals surface area contributed by atoms with E-state index >= 15 is 4.39 Å². The molecule has 2 aromatic carbocycles. The van der Waals surface area contributed by atoms with Gasteiger partial charge in [0.1, 0.15) is 5.82 Å². The van der Waals surface area contributed by atoms with Crippen molar-refractivity contribution in [2.45, 2.75) is 51.7 Å². The van der Waals surface area contributed by atoms with E-state index in [9.17, 15) is 0 Å². The first-order chi connectivity index (χ1) is 18.4. The van der Waals surface area contributed by atoms with Crippen LogP contribution in [0.15, 0.2) is 42.6 Å². The van der Waals surface area contributed by atoms with Gasteiger partial charge < -0.3 is 15.1 Å². The third kappa shape index (κ3) is 4.47. The van der Waals surface area contributed by atoms with Crippen molar-refractivity contribution in [3.63, 3.8) is 0 Å². The number of rotatable bonds is 5. The van der Waals surface area contributed by atoms with E-state index in [4.69, 9.17) is 0 Å². The Kier molecular flexibility index (Phi) is 6.65. The van der Waals surface area contributed by atoms with Gasteiger partial charge >= 0.3 is 0 Å². The average molecular weight is 517 g/mol. The number of piperazine rings is 1. The zero-order valence-electron chi connectivity index (χ0n) is 22.7. The van der Waals surface area contributed by atoms with E-state index < -0.39 is 0 Å². The Labute approximate surface area is 223 Å². The van der Waals surface area contributed by atoms with Gasteiger partial charge in [0.05, 0.1) is 22.9 Å². The number of nitrogens with one attached hydrogen (secondary N) is 1. The molecule has 0 unspecified atom stereocenters. The lowest BCUT2D eigenvalue weighted by Gasteiger charge is -2.42. The van der Waals surface area contributed by atoms with E-state index in [0.717, 1.165) is 73.7 Å². The first kappa shape index (κ1) is 25.0. The first-order valence-electron chi connectivity index (χ1n) is 13.8. The predicted molar refractivity (Wildman–Crippen MR) is 151 cm³/mol. The SMILES string of the molecule is CCNC1CCN(c2ccc(-c3ccc4ncc5nnc(N6C[C@@H](C)N(C)[C@@H](C)C6)n5c4c3)cc2F)CC1. The van der Waals surface area contributed by atoms with Crippen molar-refractivity contribution in [2.75, 3.05) is 49.6 Å². The summed E-state index contributed by atoms with van der Waals surface area (Å²) < 4.78 is 17.5. The smallest absolute Gasteiger partial charge is 0.232 e. The van der Waals surface area contributed by atoms with Gasteiger partial charge in [-0.3, -0.25) is 14.3 Å². The van der Waals surface area contributed by atoms with E-state index in [2.05, 4.69) is 73.5 Å². The van der Waals surface area contributed by atoms with Crippen LogP contribution in [-0.2, 0) is 0 Å². The van der Waals surface area contributed by atoms with E-state index in [0.29, 0.717) is 29.5 Å². The summed E-state index contributed by atoms with van der Waals surface area (Å²) >= 11 is 0. The first-order valence-corrected chi connectivity index (χ1v) is 13.8. The standard InChI is InChI=1S/C29H37FN8/c1-5-31-23-10-12-36(13-11-23)26-9-7-21(14-24(26)30)22-6-8-25-27(15-22)38-28(16-32-25)33-34-29(38)37-17-19(2)35(4)20(3)18-37/h6-9,14-16,19-20,23,31H,5,10-13,17-18H2,1-4H3/t19-,20+. The van der Waals surface area contributed by atoms with Gasteiger partial charge in [0.2, 0.25) is 5.95 Å². The maximum atomic E-state index is 15.4. The highest BCUT2D eigenvalue weighted by Gasteiger charge is 2.29. The van der Waals surface area contributed by atoms with Crippen LogP contribution in [0.5, 0.6) is 0 Å². The molecule has 38 heavy (non-hydrogen) atoms. The Bertz CT molecular complexity index is 1430. The molecule has 2 saturated heterocycles. The zero-order valence-corrected chi connectivity index (χ0v) is 22.7. The van der Waals surface area contributed by atoms with E-state index in [1.54, 1.807) is 12.3 Å². The van der Waals surface area contributed by atoms with Crippen molar-refractivity contribution in [1.82, 2.24) is 29.8 Å². The summed E-state index contributed by atoms with van der Waals surface area (Å²) in [7, 11) is 2.18. The number of hydrogen-bond acceptors (Lipinski definition) is 7. The zero-order chi connectivity index (χ0) is 26.4. The van der Waals surface area contributed by atoms with Crippen LogP contribution in [0.1, 0.15) is 33.6 Å². The topological polar surface area (TPSA) is 64.8 Å². The summed E-state index contributed by atoms with van der Waals surface area (Å²) in [5, 5.41) is 12.5. The van der Waals surface area contributed by atoms with Crippen LogP contribution in [0.2, 0.25) is 0 Å². The lowest BCUT2D eigenvalue weighted by Crippen LogP contribution is -2.55. The van der Waals surface area contributed by atoms with Crippen LogP contribution >= 0.6 is 0 Å². The van der Waals surface area contributed by atoms with Gasteiger partial charge in [-0.1, -0.05) is 19.1 Å². The van der Waals surface area contributed by atoms with E-state index in [1.165, 1.54) is 0 Å². The van der Waals surface area contributed by atoms with Crippen molar-refractivity contribution in [2.24, 2.45) is 0 Å². The molecular formula is C29H37FN8. The molecule has 0 amide bonds. The molecule has 0 aliphatic carbocycles. The largest absolute Gasteiger partial charge is 0.369 e. The van der Waals surface area contributed by atoms with Crippen LogP contribution in [0, 0.1) is 5.82 Å². The number of aromatic nitrogens is 4. The van der Waals surface area contributed by atoms with Crippen molar-refractivity contribution < 1.29 is 4.39 Å². The van der Waals surface area contributed by atoms with Crippen molar-refractivity contribution in [3.05, 3.63) is 48.4 Å². The van der Waals surface area contributed by atoms with Gasteiger partial charge in [-0.05, 0) is 75.7 Å². The lowest BCUT2D eigenvalue weighted by molar-refractivity contribution is 0.169. The monoisotopic (exact) mass is 516 g/mol. The van der Waals surface area contributed by atoms with Crippen LogP contribution < -0.4 is 15.1 Å². The number of anilines is 2. The maximum Gasteiger partial charge on any atom is 0.232 e. The summed E-state index contributed by atoms with van der Waals surface area (Å²) in [5.41, 5.74) is 4.98. The molecule has 0 radical (unpaired) electrons. The summed E-state index contributed by atoms with van der Waals surface area (Å²) in [6.07, 6.45) is 3.85. The number of benzene rings is 2. The molecular weight excluding hydrogens is 479 g/mol. The minimum absolute atomic E-state index is 0.175. The molecule has 0 bridgehead atoms. The molecule has 200 valence electrons. The second-order valence-corrected chi connectivity index (χ2v) is 10.9. The van der Waals surface area contributed by atoms with Gasteiger partial charge in [-0.15, -0.1) is 10.2 Å². The van der Waals surface area contributed by atoms with Crippen molar-refractivity contribution >= 4 is 28.3 Å². The Hall–Kier alpha value is -3.30. The summed E-state index contributed by atoms with van der Waals surface area (Å²) in [4.78, 5) is 11.5. The molecule has 2 fully saturated rings. The molecule has 2 atom stereocenters. The fourth-order valence-corrected chi connectivity index (χ4v) is 6.05. The summed E-state index contributed by atoms with van der Waals surface area (Å²) in [6, 6.07) is 13.1. The number of halogens is 1. The molecule has 6 rings (SSSR count). The number of nitrogens with zero attached hydrogens (tertiary/aromatic N) is 7. The fraction of sp³-hybridized carbons (Fsp3) is 0.483. The van der Waals surface area contributed by atoms with Gasteiger partial charge in [0.15, 0.2) is 5.65 Å². The number of piperidine rings is 1. The Morgan fingerprint density at radius 2 is 1.66 bits per heavy atom. The molecule has 1 N–H and O–H groups in total. The molecule has 4 heterocycles. The van der Waals surface area contributed by atoms with Crippen LogP contribution in [-0.4, -0.2) is 82.4 Å². The van der Waals surface area contributed by atoms with Crippen molar-refractivity contribution in [1.29, 1.82) is 0 Å². The molecule has 2 aromatic heterocycles. The van der Waals surface area contributed by atoms with E-state index in [-0.39, 0.29) is 5.82 Å². The van der Waals surface area contributed by atoms with Gasteiger partial charge in [-0.25, -0.2) is 4.39 Å². The Morgan fingerprint density at radius 1 is 0.947 bits per heavy atom. The minimum atomic E-state index is -0.175. The highest BCUT2D eigenvalue weighted by atomic mass is 19.1. The highest BCUT2D eigenvalue weighted by Crippen LogP contribution is 2.31. The predicted octanol–water partition coefficient (Wildman–Crippen LogP) is 4.19. The number of fused-ring (bicyclic) bond motifs is 3. The van der Waals surface area contributed by atoms with Crippen LogP contribution in [0.25, 0.3) is 27.8 Å². The Balaban J connectivity index is 1.33. The highest BCUT2D eigenvalue weighted by molar-refractivity contribution is 5.84. The quantitative estimate of drug-likeness (QED) is 0.427. The van der Waals surface area contributed by atoms with Gasteiger partial charge in [0, 0.05) is 44.3 Å². The normalized spacial score (nSPS) is 21.6. The third-order valence-corrected chi connectivity index (χ3v) is 8.46. The molecule has 8 nitrogen and oxygen atoms in total. The fourth-order valence-electron chi connectivity index (χ4n) is 6.05. The molecule has 0 saturated carbocycles. The summed E-state index contributed by atoms with van der Waals surface area (Å²) in [6.45, 7) is 11.1. The average Bonchev–Trinajstić information content (AvgIpc) is 3.37. The van der Waals surface area contributed by atoms with Gasteiger partial charge in [0.25, 0.3) is 0 Å². The van der Waals surface area contributed by atoms with Gasteiger partial charge in [-0.2, -0.15) is 0 Å². The molecule has 4 aromatic rings. The maximum absolute atomic E-state index is 15.4. The molecule has 0 spiro atoms. The lowest BCUT2D eigenvalue weighted by atomic mass is 10.0. The van der Waals surface area contributed by atoms with E-state index in [1.807, 2.05) is 24.3 Å². The van der Waals surface area contributed by atoms with Crippen LogP contribution in [0.4, 0.5) is 16.0 Å². The minimum Gasteiger partial charge on any atom is -0.369 e. The van der Waals surface area contributed by atoms with Crippen molar-refractivity contribution in [3.8, 4) is 11.1 Å². The Morgan fingerprint density at radius 3 is 2.37 bits per heavy atom.